The van der Waals surface area contributed by atoms with Gasteiger partial charge in [-0.2, -0.15) is 0 Å². The fourth-order valence-corrected chi connectivity index (χ4v) is 9.78. The number of carbonyl (C=O) groups is 11. The first-order valence-corrected chi connectivity index (χ1v) is 30.3. The average molecular weight is 1280 g/mol. The number of nitrogens with one attached hydrogen (secondary N) is 8. The van der Waals surface area contributed by atoms with E-state index in [9.17, 15) is 58.5 Å². The third-order valence-corrected chi connectivity index (χ3v) is 15.1. The number of guanidine groups is 1. The molecule has 0 unspecified atom stereocenters. The molecule has 0 aliphatic rings. The maximum Gasteiger partial charge on any atom is 0.326 e. The van der Waals surface area contributed by atoms with E-state index in [4.69, 9.17) is 22.9 Å². The zero-order valence-corrected chi connectivity index (χ0v) is 51.7. The van der Waals surface area contributed by atoms with E-state index < -0.39 is 145 Å². The first-order chi connectivity index (χ1) is 44.4. The number of benzene rings is 5. The zero-order chi connectivity index (χ0) is 68.0. The second-order valence-electron chi connectivity index (χ2n) is 22.4. The number of nitrogens with zero attached hydrogens (tertiary/aromatic N) is 1. The predicted octanol–water partition coefficient (Wildman–Crippen LogP) is 0.0357. The van der Waals surface area contributed by atoms with Crippen molar-refractivity contribution in [1.29, 1.82) is 0 Å². The highest BCUT2D eigenvalue weighted by molar-refractivity contribution is 5.99. The minimum absolute atomic E-state index is 0.0204. The summed E-state index contributed by atoms with van der Waals surface area (Å²) >= 11 is 0. The Morgan fingerprint density at radius 3 is 1.13 bits per heavy atom. The molecule has 496 valence electrons. The zero-order valence-electron chi connectivity index (χ0n) is 51.7. The molecule has 0 radical (unpaired) electrons. The van der Waals surface area contributed by atoms with Crippen LogP contribution in [0.1, 0.15) is 80.2 Å². The van der Waals surface area contributed by atoms with Gasteiger partial charge < -0.3 is 80.8 Å². The highest BCUT2D eigenvalue weighted by atomic mass is 16.4. The summed E-state index contributed by atoms with van der Waals surface area (Å²) in [4.78, 5) is 155. The topological polar surface area (TPSA) is 461 Å². The first kappa shape index (κ1) is 73.0. The maximum absolute atomic E-state index is 15.1. The summed E-state index contributed by atoms with van der Waals surface area (Å²) in [5.41, 5.74) is 24.9. The Morgan fingerprint density at radius 1 is 0.430 bits per heavy atom. The molecule has 93 heavy (non-hydrogen) atoms. The fourth-order valence-electron chi connectivity index (χ4n) is 9.78. The summed E-state index contributed by atoms with van der Waals surface area (Å²) in [5.74, 6) is -11.8. The van der Waals surface area contributed by atoms with Gasteiger partial charge in [-0.05, 0) is 65.1 Å². The van der Waals surface area contributed by atoms with Gasteiger partial charge in [-0.3, -0.25) is 52.9 Å². The SMILES string of the molecule is CC[C@H](C)[C@H](NC(=O)[C@H](CCCN=C(N)N)NC(=O)[C@H](Cc1ccccc1)NC(=O)[C@H](Cc1ccccc1)NC(=O)[C@H](Cc1ccccc1)NC(=O)[C@H](Cc1ccc(O)cc1)NC(=O)[C@H](CCC(=O)O)NC(=O)[C@@H](N)CC(N)=O)C(=O)N[C@@H](Cc1ccccc1)C(=O)O. The van der Waals surface area contributed by atoms with Crippen molar-refractivity contribution in [1.82, 2.24) is 42.5 Å². The van der Waals surface area contributed by atoms with Crippen molar-refractivity contribution in [3.8, 4) is 5.75 Å². The van der Waals surface area contributed by atoms with Gasteiger partial charge in [-0.1, -0.05) is 154 Å². The van der Waals surface area contributed by atoms with Gasteiger partial charge in [0.1, 0.15) is 54.1 Å². The summed E-state index contributed by atoms with van der Waals surface area (Å²) < 4.78 is 0. The Morgan fingerprint density at radius 2 is 0.763 bits per heavy atom. The molecule has 0 aliphatic heterocycles. The molecule has 0 saturated carbocycles. The van der Waals surface area contributed by atoms with Crippen LogP contribution in [0.25, 0.3) is 0 Å². The Kier molecular flexibility index (Phi) is 29.4. The second kappa shape index (κ2) is 37.5. The monoisotopic (exact) mass is 1280 g/mol. The summed E-state index contributed by atoms with van der Waals surface area (Å²) in [6.45, 7) is 3.49. The second-order valence-corrected chi connectivity index (χ2v) is 22.4. The average Bonchev–Trinajstić information content (AvgIpc) is 1.07. The molecule has 0 spiro atoms. The lowest BCUT2D eigenvalue weighted by Gasteiger charge is -2.29. The molecule has 0 fully saturated rings. The third-order valence-electron chi connectivity index (χ3n) is 15.1. The van der Waals surface area contributed by atoms with Crippen LogP contribution in [-0.4, -0.2) is 147 Å². The molecule has 10 atom stereocenters. The molecule has 19 N–H and O–H groups in total. The molecule has 0 aromatic heterocycles. The summed E-state index contributed by atoms with van der Waals surface area (Å²) in [6, 6.07) is 26.5. The van der Waals surface area contributed by atoms with E-state index in [-0.39, 0.29) is 63.2 Å². The lowest BCUT2D eigenvalue weighted by atomic mass is 9.96. The quantitative estimate of drug-likeness (QED) is 0.0141. The normalized spacial score (nSPS) is 14.1. The van der Waals surface area contributed by atoms with Gasteiger partial charge in [0.15, 0.2) is 5.96 Å². The Hall–Kier alpha value is -10.7. The van der Waals surface area contributed by atoms with E-state index in [2.05, 4.69) is 47.5 Å². The number of phenols is 1. The Bertz CT molecular complexity index is 3340. The van der Waals surface area contributed by atoms with Gasteiger partial charge in [0, 0.05) is 45.1 Å². The smallest absolute Gasteiger partial charge is 0.326 e. The van der Waals surface area contributed by atoms with Crippen molar-refractivity contribution >= 4 is 71.1 Å². The Labute approximate surface area is 538 Å². The van der Waals surface area contributed by atoms with Crippen molar-refractivity contribution in [3.63, 3.8) is 0 Å². The molecule has 27 heteroatoms. The van der Waals surface area contributed by atoms with Gasteiger partial charge in [-0.15, -0.1) is 0 Å². The first-order valence-electron chi connectivity index (χ1n) is 30.3. The van der Waals surface area contributed by atoms with E-state index in [1.165, 1.54) is 24.3 Å². The van der Waals surface area contributed by atoms with Crippen LogP contribution in [0.15, 0.2) is 151 Å². The van der Waals surface area contributed by atoms with Crippen LogP contribution >= 0.6 is 0 Å². The maximum atomic E-state index is 15.1. The molecule has 5 aromatic rings. The fraction of sp³-hybridized carbons (Fsp3) is 0.364. The van der Waals surface area contributed by atoms with E-state index in [0.29, 0.717) is 34.2 Å². The van der Waals surface area contributed by atoms with E-state index in [1.54, 1.807) is 135 Å². The summed E-state index contributed by atoms with van der Waals surface area (Å²) in [7, 11) is 0. The molecular weight excluding hydrogens is 1200 g/mol. The molecule has 5 rings (SSSR count). The molecule has 0 saturated heterocycles. The number of primary amides is 1. The number of amides is 9. The van der Waals surface area contributed by atoms with Crippen molar-refractivity contribution in [2.24, 2.45) is 33.8 Å². The standard InChI is InChI=1S/C66H83N13O14/c1-3-39(2)56(64(91)78-53(65(92)93)37-43-23-14-7-15-24-43)79-59(86)47(25-16-32-71-66(69)70)73-60(87)49(33-40-17-8-4-9-18-40)75-61(88)50(34-41-19-10-5-11-20-41)76-62(89)51(35-42-21-12-6-13-22-42)77-63(90)52(36-44-26-28-45(80)29-27-44)74-58(85)48(30-31-55(82)83)72-57(84)46(67)38-54(68)81/h4-15,17-24,26-29,39,46-53,56,80H,3,16,25,30-38,67H2,1-2H3,(H2,68,81)(H,72,84)(H,73,87)(H,74,85)(H,75,88)(H,76,89)(H,77,90)(H,78,91)(H,79,86)(H,82,83)(H,92,93)(H4,69,70,71)/t39-,46-,47-,48-,49-,50-,51-,52-,53-,56-/m0/s1. The molecule has 9 amide bonds. The van der Waals surface area contributed by atoms with E-state index in [0.717, 1.165) is 0 Å². The van der Waals surface area contributed by atoms with Crippen LogP contribution in [0, 0.1) is 5.92 Å². The minimum Gasteiger partial charge on any atom is -0.508 e. The molecule has 0 heterocycles. The number of carboxylic acid groups (broad SMARTS) is 2. The lowest BCUT2D eigenvalue weighted by molar-refractivity contribution is -0.142. The van der Waals surface area contributed by atoms with Crippen LogP contribution in [-0.2, 0) is 84.8 Å². The van der Waals surface area contributed by atoms with Gasteiger partial charge in [0.25, 0.3) is 0 Å². The summed E-state index contributed by atoms with van der Waals surface area (Å²) in [6.07, 6.45) is -2.26. The van der Waals surface area contributed by atoms with Gasteiger partial charge >= 0.3 is 11.9 Å². The number of aliphatic imine (C=N–C) groups is 1. The van der Waals surface area contributed by atoms with Gasteiger partial charge in [0.2, 0.25) is 53.2 Å². The molecule has 0 aliphatic carbocycles. The number of carboxylic acids is 2. The minimum atomic E-state index is -1.62. The summed E-state index contributed by atoms with van der Waals surface area (Å²) in [5, 5.41) is 51.0. The van der Waals surface area contributed by atoms with Crippen LogP contribution in [0.3, 0.4) is 0 Å². The number of carbonyl (C=O) groups excluding carboxylic acids is 9. The van der Waals surface area contributed by atoms with Crippen molar-refractivity contribution in [2.45, 2.75) is 139 Å². The van der Waals surface area contributed by atoms with Crippen molar-refractivity contribution < 1.29 is 68.1 Å². The highest BCUT2D eigenvalue weighted by Gasteiger charge is 2.37. The van der Waals surface area contributed by atoms with Crippen LogP contribution in [0.4, 0.5) is 0 Å². The Balaban J connectivity index is 1.49. The van der Waals surface area contributed by atoms with Crippen molar-refractivity contribution in [2.75, 3.05) is 6.54 Å². The van der Waals surface area contributed by atoms with Crippen LogP contribution in [0.5, 0.6) is 5.75 Å². The van der Waals surface area contributed by atoms with E-state index >= 15 is 9.59 Å². The molecule has 5 aromatic carbocycles. The third kappa shape index (κ3) is 25.6. The number of aromatic hydroxyl groups is 1. The van der Waals surface area contributed by atoms with Crippen LogP contribution in [0.2, 0.25) is 0 Å². The number of aliphatic carboxylic acids is 2. The van der Waals surface area contributed by atoms with Crippen molar-refractivity contribution in [3.05, 3.63) is 173 Å². The van der Waals surface area contributed by atoms with E-state index in [1.807, 2.05) is 0 Å². The number of rotatable bonds is 38. The number of phenolic OH excluding ortho intramolecular Hbond substituents is 1. The van der Waals surface area contributed by atoms with Gasteiger partial charge in [-0.25, -0.2) is 4.79 Å². The molecule has 0 bridgehead atoms. The number of nitrogens with two attached hydrogens (primary N) is 4. The number of hydrogen-bond donors (Lipinski definition) is 15. The molecule has 27 nitrogen and oxygen atoms in total. The highest BCUT2D eigenvalue weighted by Crippen LogP contribution is 2.16. The number of hydrogen-bond acceptors (Lipinski definition) is 14. The predicted molar refractivity (Wildman–Crippen MR) is 343 cm³/mol. The lowest BCUT2D eigenvalue weighted by Crippen LogP contribution is -2.61. The molecular formula is C66H83N13O14. The van der Waals surface area contributed by atoms with Crippen LogP contribution < -0.4 is 65.5 Å². The van der Waals surface area contributed by atoms with Gasteiger partial charge in [0.05, 0.1) is 12.5 Å². The largest absolute Gasteiger partial charge is 0.508 e.